The number of rotatable bonds is 7. The van der Waals surface area contributed by atoms with Gasteiger partial charge in [0.15, 0.2) is 17.7 Å². The van der Waals surface area contributed by atoms with Crippen LogP contribution < -0.4 is 11.5 Å². The third kappa shape index (κ3) is 5.61. The highest BCUT2D eigenvalue weighted by Crippen LogP contribution is 2.36. The van der Waals surface area contributed by atoms with Crippen molar-refractivity contribution in [2.45, 2.75) is 37.0 Å². The van der Waals surface area contributed by atoms with Gasteiger partial charge in [0.05, 0.1) is 18.5 Å². The van der Waals surface area contributed by atoms with Gasteiger partial charge in [-0.05, 0) is 30.0 Å². The van der Waals surface area contributed by atoms with E-state index in [0.29, 0.717) is 29.1 Å². The molecule has 1 aliphatic rings. The highest BCUT2D eigenvalue weighted by molar-refractivity contribution is 8.16. The fraction of sp³-hybridized carbons (Fsp3) is 0.600. The molecule has 14 heteroatoms. The first-order chi connectivity index (χ1) is 12.8. The van der Waals surface area contributed by atoms with Crippen LogP contribution in [0.15, 0.2) is 12.7 Å². The Hall–Kier alpha value is -0.920. The molecule has 10 nitrogen and oxygen atoms in total. The number of carbonyl (C=O) groups is 1. The Labute approximate surface area is 187 Å². The van der Waals surface area contributed by atoms with Crippen LogP contribution in [0.25, 0.3) is 11.2 Å². The van der Waals surface area contributed by atoms with Gasteiger partial charge in [-0.2, -0.15) is 0 Å². The van der Waals surface area contributed by atoms with Crippen molar-refractivity contribution in [3.8, 4) is 0 Å². The Balaban J connectivity index is 0.00000210. The van der Waals surface area contributed by atoms with Crippen LogP contribution in [-0.4, -0.2) is 77.1 Å². The van der Waals surface area contributed by atoms with Gasteiger partial charge in [0, 0.05) is 5.75 Å². The Morgan fingerprint density at radius 1 is 1.34 bits per heavy atom. The monoisotopic (exact) mass is 490 g/mol. The van der Waals surface area contributed by atoms with E-state index in [-0.39, 0.29) is 30.6 Å². The Morgan fingerprint density at radius 2 is 2.03 bits per heavy atom. The molecule has 3 rings (SSSR count). The third-order valence-electron chi connectivity index (χ3n) is 4.60. The Bertz CT molecular complexity index is 830. The molecule has 0 amide bonds. The zero-order chi connectivity index (χ0) is 19.7. The van der Waals surface area contributed by atoms with Gasteiger partial charge in [0.1, 0.15) is 24.1 Å². The summed E-state index contributed by atoms with van der Waals surface area (Å²) in [5.41, 5.74) is 12.3. The average molecular weight is 492 g/mol. The summed E-state index contributed by atoms with van der Waals surface area (Å²) in [4.78, 5) is 23.2. The van der Waals surface area contributed by atoms with Crippen molar-refractivity contribution in [1.29, 1.82) is 0 Å². The molecule has 1 fully saturated rings. The molecular formula is C15H25Cl3N6O4S. The fourth-order valence-electron chi connectivity index (χ4n) is 3.04. The largest absolute Gasteiger partial charge is 0.387 e. The normalized spacial score (nSPS) is 26.4. The number of carbonyl (C=O) groups excluding carboxylic acids is 1. The van der Waals surface area contributed by atoms with E-state index in [4.69, 9.17) is 27.8 Å². The second-order valence-electron chi connectivity index (χ2n) is 6.59. The first kappa shape index (κ1) is 26.1. The SMILES string of the molecule is C[SH](CC[C@H](N)C(=O)Cl)C[C@H]1O[C@@H](n2cnc3c(N)ncnc32)[C@H](O)[C@@H]1O.Cl.Cl. The van der Waals surface area contributed by atoms with Gasteiger partial charge in [-0.1, -0.05) is 0 Å². The summed E-state index contributed by atoms with van der Waals surface area (Å²) in [5, 5.41) is 20.3. The lowest BCUT2D eigenvalue weighted by atomic mass is 10.1. The zero-order valence-electron chi connectivity index (χ0n) is 15.5. The molecule has 0 aromatic carbocycles. The van der Waals surface area contributed by atoms with Crippen LogP contribution in [0.2, 0.25) is 0 Å². The smallest absolute Gasteiger partial charge is 0.238 e. The topological polar surface area (TPSA) is 162 Å². The number of aromatic nitrogens is 4. The van der Waals surface area contributed by atoms with E-state index < -0.39 is 46.7 Å². The first-order valence-corrected chi connectivity index (χ1v) is 10.9. The molecule has 1 unspecified atom stereocenters. The number of aliphatic hydroxyl groups excluding tert-OH is 2. The Morgan fingerprint density at radius 3 is 2.69 bits per heavy atom. The minimum absolute atomic E-state index is 0. The van der Waals surface area contributed by atoms with Crippen LogP contribution in [0.4, 0.5) is 5.82 Å². The van der Waals surface area contributed by atoms with Crippen LogP contribution in [0.5, 0.6) is 0 Å². The van der Waals surface area contributed by atoms with Gasteiger partial charge in [-0.15, -0.1) is 24.8 Å². The molecule has 166 valence electrons. The predicted molar refractivity (Wildman–Crippen MR) is 118 cm³/mol. The van der Waals surface area contributed by atoms with E-state index in [1.807, 2.05) is 6.26 Å². The molecule has 1 saturated heterocycles. The van der Waals surface area contributed by atoms with Crippen molar-refractivity contribution in [3.05, 3.63) is 12.7 Å². The highest BCUT2D eigenvalue weighted by Gasteiger charge is 2.44. The summed E-state index contributed by atoms with van der Waals surface area (Å²) in [5.74, 6) is 1.49. The maximum Gasteiger partial charge on any atom is 0.238 e. The van der Waals surface area contributed by atoms with Crippen LogP contribution in [0, 0.1) is 0 Å². The summed E-state index contributed by atoms with van der Waals surface area (Å²) in [6, 6.07) is -0.688. The van der Waals surface area contributed by atoms with Gasteiger partial charge in [0.2, 0.25) is 5.24 Å². The molecule has 0 spiro atoms. The number of hydrogen-bond donors (Lipinski definition) is 5. The minimum atomic E-state index is -1.14. The average Bonchev–Trinajstić information content (AvgIpc) is 3.17. The number of anilines is 1. The third-order valence-corrected chi connectivity index (χ3v) is 6.89. The molecule has 6 N–H and O–H groups in total. The lowest BCUT2D eigenvalue weighted by molar-refractivity contribution is -0.112. The van der Waals surface area contributed by atoms with Crippen molar-refractivity contribution in [1.82, 2.24) is 19.5 Å². The molecule has 0 saturated carbocycles. The zero-order valence-corrected chi connectivity index (χ0v) is 18.7. The van der Waals surface area contributed by atoms with E-state index in [1.165, 1.54) is 12.7 Å². The molecule has 1 aliphatic heterocycles. The van der Waals surface area contributed by atoms with Crippen molar-refractivity contribution in [3.63, 3.8) is 0 Å². The Kier molecular flexibility index (Phi) is 9.83. The molecule has 0 bridgehead atoms. The lowest BCUT2D eigenvalue weighted by Crippen LogP contribution is -2.33. The molecule has 29 heavy (non-hydrogen) atoms. The number of imidazole rings is 1. The number of hydrogen-bond acceptors (Lipinski definition) is 9. The second-order valence-corrected chi connectivity index (χ2v) is 9.49. The summed E-state index contributed by atoms with van der Waals surface area (Å²) < 4.78 is 7.46. The van der Waals surface area contributed by atoms with Crippen LogP contribution >= 0.6 is 47.3 Å². The predicted octanol–water partition coefficient (Wildman–Crippen LogP) is -0.0149. The number of nitrogen functional groups attached to an aromatic ring is 1. The van der Waals surface area contributed by atoms with Gasteiger partial charge in [-0.3, -0.25) is 20.3 Å². The standard InChI is InChI=1S/C15H23ClN6O4S.2ClH/c1-27(3-2-7(17)12(16)25)4-8-10(23)11(24)15(26-8)22-6-21-9-13(18)19-5-20-14(9)22;;/h5-8,10-11,15,23-24,27H,2-4,17H2,1H3,(H2,18,19,20);2*1H/t7-,8+,10+,11+,15+;;/m0../s1. The number of nitrogens with two attached hydrogens (primary N) is 2. The quantitative estimate of drug-likeness (QED) is 0.265. The van der Waals surface area contributed by atoms with E-state index in [0.717, 1.165) is 0 Å². The second kappa shape index (κ2) is 10.9. The van der Waals surface area contributed by atoms with E-state index in [2.05, 4.69) is 15.0 Å². The molecular weight excluding hydrogens is 467 g/mol. The van der Waals surface area contributed by atoms with E-state index >= 15 is 0 Å². The minimum Gasteiger partial charge on any atom is -0.387 e. The number of halogens is 3. The van der Waals surface area contributed by atoms with Crippen LogP contribution in [-0.2, 0) is 9.53 Å². The van der Waals surface area contributed by atoms with Gasteiger partial charge >= 0.3 is 0 Å². The van der Waals surface area contributed by atoms with Crippen molar-refractivity contribution < 1.29 is 19.7 Å². The van der Waals surface area contributed by atoms with E-state index in [1.54, 1.807) is 4.57 Å². The molecule has 2 aromatic rings. The number of thiol groups is 1. The van der Waals surface area contributed by atoms with Gasteiger partial charge in [-0.25, -0.2) is 15.0 Å². The van der Waals surface area contributed by atoms with Crippen molar-refractivity contribution in [2.75, 3.05) is 23.5 Å². The van der Waals surface area contributed by atoms with Crippen molar-refractivity contribution in [2.24, 2.45) is 5.73 Å². The highest BCUT2D eigenvalue weighted by atomic mass is 35.5. The lowest BCUT2D eigenvalue weighted by Gasteiger charge is -2.23. The van der Waals surface area contributed by atoms with Gasteiger partial charge in [0.25, 0.3) is 0 Å². The summed E-state index contributed by atoms with van der Waals surface area (Å²) in [6.45, 7) is 0. The van der Waals surface area contributed by atoms with Gasteiger partial charge < -0.3 is 26.4 Å². The van der Waals surface area contributed by atoms with Crippen LogP contribution in [0.1, 0.15) is 12.6 Å². The molecule has 2 aromatic heterocycles. The molecule has 3 heterocycles. The number of nitrogens with zero attached hydrogens (tertiary/aromatic N) is 4. The summed E-state index contributed by atoms with van der Waals surface area (Å²) in [7, 11) is -0.568. The maximum atomic E-state index is 11.0. The number of fused-ring (bicyclic) bond motifs is 1. The van der Waals surface area contributed by atoms with E-state index in [9.17, 15) is 15.0 Å². The maximum absolute atomic E-state index is 11.0. The first-order valence-electron chi connectivity index (χ1n) is 8.37. The number of aliphatic hydroxyl groups is 2. The summed E-state index contributed by atoms with van der Waals surface area (Å²) in [6.07, 6.45) is 1.67. The summed E-state index contributed by atoms with van der Waals surface area (Å²) >= 11 is 5.38. The number of ether oxygens (including phenoxy) is 1. The fourth-order valence-corrected chi connectivity index (χ4v) is 4.96. The molecule has 6 atom stereocenters. The molecule has 0 aliphatic carbocycles. The molecule has 0 radical (unpaired) electrons. The van der Waals surface area contributed by atoms with Crippen LogP contribution in [0.3, 0.4) is 0 Å². The van der Waals surface area contributed by atoms with Crippen molar-refractivity contribution >= 4 is 69.5 Å².